The third-order valence-corrected chi connectivity index (χ3v) is 10.6. The molecule has 3 aromatic rings. The highest BCUT2D eigenvalue weighted by Crippen LogP contribution is 2.45. The fraction of sp³-hybridized carbons (Fsp3) is 0.559. The number of likely N-dealkylation sites (tertiary alicyclic amines) is 1. The zero-order valence-corrected chi connectivity index (χ0v) is 26.2. The van der Waals surface area contributed by atoms with Crippen LogP contribution in [0.1, 0.15) is 76.2 Å². The summed E-state index contributed by atoms with van der Waals surface area (Å²) in [4.78, 5) is 34.7. The molecule has 9 heteroatoms. The number of carbonyl (C=O) groups is 2. The topological polar surface area (TPSA) is 70.5 Å². The predicted molar refractivity (Wildman–Crippen MR) is 168 cm³/mol. The molecule has 2 aromatic carbocycles. The number of piperidine rings is 2. The largest absolute Gasteiger partial charge is 0.341 e. The number of aromatic nitrogens is 2. The summed E-state index contributed by atoms with van der Waals surface area (Å²) in [6, 6.07) is 17.0. The van der Waals surface area contributed by atoms with Crippen LogP contribution in [0, 0.1) is 12.7 Å². The second-order valence-corrected chi connectivity index (χ2v) is 13.7. The third-order valence-electron chi connectivity index (χ3n) is 10.4. The second kappa shape index (κ2) is 11.8. The number of benzene rings is 2. The molecule has 3 fully saturated rings. The maximum absolute atomic E-state index is 14.5. The molecule has 2 atom stereocenters. The molecule has 4 heterocycles. The van der Waals surface area contributed by atoms with Crippen LogP contribution in [-0.2, 0) is 15.0 Å². The molecule has 2 bridgehead atoms. The van der Waals surface area contributed by atoms with Crippen molar-refractivity contribution >= 4 is 34.4 Å². The van der Waals surface area contributed by atoms with Crippen LogP contribution >= 0.6 is 11.6 Å². The summed E-state index contributed by atoms with van der Waals surface area (Å²) in [5.41, 5.74) is 2.08. The van der Waals surface area contributed by atoms with E-state index in [1.807, 2.05) is 11.0 Å². The van der Waals surface area contributed by atoms with Gasteiger partial charge in [-0.3, -0.25) is 14.5 Å². The number of rotatable bonds is 8. The standard InChI is InChI=1S/C34H43ClFN5O2/c1-23-37-29-9-4-5-10-30(29)41(23)28-20-26-11-12-27(21-28)40(26)18-15-34(24-7-6-8-25(36)19-24)13-16-39(17-14-34)32(43)33(2,3)38-31(42)22-35/h4-10,19,26-28H,11-18,20-22H2,1-3H3,(H,38,42). The first kappa shape index (κ1) is 30.1. The van der Waals surface area contributed by atoms with E-state index in [1.165, 1.54) is 24.4 Å². The average molecular weight is 608 g/mol. The first-order chi connectivity index (χ1) is 20.6. The van der Waals surface area contributed by atoms with Gasteiger partial charge >= 0.3 is 0 Å². The van der Waals surface area contributed by atoms with Crippen LogP contribution in [0.4, 0.5) is 4.39 Å². The summed E-state index contributed by atoms with van der Waals surface area (Å²) < 4.78 is 17.0. The lowest BCUT2D eigenvalue weighted by atomic mass is 9.70. The maximum Gasteiger partial charge on any atom is 0.247 e. The molecule has 7 nitrogen and oxygen atoms in total. The van der Waals surface area contributed by atoms with Gasteiger partial charge in [0.2, 0.25) is 11.8 Å². The van der Waals surface area contributed by atoms with E-state index in [9.17, 15) is 14.0 Å². The van der Waals surface area contributed by atoms with Crippen LogP contribution < -0.4 is 5.32 Å². The van der Waals surface area contributed by atoms with E-state index in [-0.39, 0.29) is 28.9 Å². The Morgan fingerprint density at radius 2 is 1.74 bits per heavy atom. The minimum absolute atomic E-state index is 0.110. The van der Waals surface area contributed by atoms with E-state index in [1.54, 1.807) is 19.9 Å². The second-order valence-electron chi connectivity index (χ2n) is 13.4. The van der Waals surface area contributed by atoms with Gasteiger partial charge in [0.15, 0.2) is 0 Å². The fourth-order valence-electron chi connectivity index (χ4n) is 8.26. The number of amides is 2. The van der Waals surface area contributed by atoms with Gasteiger partial charge in [0.05, 0.1) is 11.0 Å². The van der Waals surface area contributed by atoms with Crippen LogP contribution in [0.5, 0.6) is 0 Å². The molecule has 0 saturated carbocycles. The number of nitrogens with zero attached hydrogens (tertiary/aromatic N) is 4. The molecule has 1 aromatic heterocycles. The summed E-state index contributed by atoms with van der Waals surface area (Å²) in [5, 5.41) is 2.75. The van der Waals surface area contributed by atoms with Gasteiger partial charge in [0.1, 0.15) is 23.1 Å². The maximum atomic E-state index is 14.5. The lowest BCUT2D eigenvalue weighted by molar-refractivity contribution is -0.141. The molecule has 0 spiro atoms. The molecule has 2 amide bonds. The highest BCUT2D eigenvalue weighted by molar-refractivity contribution is 6.27. The van der Waals surface area contributed by atoms with Crippen LogP contribution in [0.25, 0.3) is 11.0 Å². The molecule has 3 saturated heterocycles. The summed E-state index contributed by atoms with van der Waals surface area (Å²) in [7, 11) is 0. The van der Waals surface area contributed by atoms with Crippen molar-refractivity contribution in [1.29, 1.82) is 0 Å². The van der Waals surface area contributed by atoms with Gasteiger partial charge < -0.3 is 14.8 Å². The Labute approximate surface area is 258 Å². The SMILES string of the molecule is Cc1nc2ccccc2n1C1CC2CCC(C1)N2CCC1(c2cccc(F)c2)CCN(C(=O)C(C)(C)NC(=O)CCl)CC1. The molecule has 1 N–H and O–H groups in total. The van der Waals surface area contributed by atoms with Gasteiger partial charge in [-0.2, -0.15) is 0 Å². The van der Waals surface area contributed by atoms with E-state index < -0.39 is 5.54 Å². The van der Waals surface area contributed by atoms with Crippen molar-refractivity contribution < 1.29 is 14.0 Å². The molecule has 6 rings (SSSR count). The van der Waals surface area contributed by atoms with Gasteiger partial charge in [-0.05, 0) is 108 Å². The number of aryl methyl sites for hydroxylation is 1. The summed E-state index contributed by atoms with van der Waals surface area (Å²) in [6.45, 7) is 7.67. The number of halogens is 2. The molecule has 3 aliphatic heterocycles. The van der Waals surface area contributed by atoms with Gasteiger partial charge in [0, 0.05) is 31.2 Å². The smallest absolute Gasteiger partial charge is 0.247 e. The zero-order valence-electron chi connectivity index (χ0n) is 25.5. The van der Waals surface area contributed by atoms with E-state index >= 15 is 0 Å². The molecule has 0 radical (unpaired) electrons. The Morgan fingerprint density at radius 3 is 2.42 bits per heavy atom. The Balaban J connectivity index is 1.17. The summed E-state index contributed by atoms with van der Waals surface area (Å²) in [5.74, 6) is 0.221. The van der Waals surface area contributed by atoms with Crippen LogP contribution in [0.15, 0.2) is 48.5 Å². The number of hydrogen-bond donors (Lipinski definition) is 1. The fourth-order valence-corrected chi connectivity index (χ4v) is 8.33. The van der Waals surface area contributed by atoms with E-state index in [0.29, 0.717) is 31.2 Å². The number of fused-ring (bicyclic) bond motifs is 3. The minimum atomic E-state index is -1.03. The molecule has 0 aliphatic carbocycles. The minimum Gasteiger partial charge on any atom is -0.341 e. The molecular formula is C34H43ClFN5O2. The van der Waals surface area contributed by atoms with Gasteiger partial charge in [-0.15, -0.1) is 11.6 Å². The van der Waals surface area contributed by atoms with E-state index in [2.05, 4.69) is 52.0 Å². The monoisotopic (exact) mass is 607 g/mol. The van der Waals surface area contributed by atoms with Crippen molar-refractivity contribution in [2.45, 2.75) is 94.8 Å². The van der Waals surface area contributed by atoms with E-state index in [4.69, 9.17) is 16.6 Å². The average Bonchev–Trinajstić information content (AvgIpc) is 3.45. The Bertz CT molecular complexity index is 1480. The van der Waals surface area contributed by atoms with Crippen LogP contribution in [0.2, 0.25) is 0 Å². The first-order valence-electron chi connectivity index (χ1n) is 15.7. The van der Waals surface area contributed by atoms with E-state index in [0.717, 1.165) is 55.6 Å². The Morgan fingerprint density at radius 1 is 1.05 bits per heavy atom. The molecule has 43 heavy (non-hydrogen) atoms. The zero-order chi connectivity index (χ0) is 30.4. The lowest BCUT2D eigenvalue weighted by Crippen LogP contribution is -2.58. The lowest BCUT2D eigenvalue weighted by Gasteiger charge is -2.46. The highest BCUT2D eigenvalue weighted by Gasteiger charge is 2.45. The van der Waals surface area contributed by atoms with Crippen molar-refractivity contribution in [2.24, 2.45) is 0 Å². The molecule has 2 unspecified atom stereocenters. The number of alkyl halides is 1. The summed E-state index contributed by atoms with van der Waals surface area (Å²) >= 11 is 5.68. The Hall–Kier alpha value is -2.97. The first-order valence-corrected chi connectivity index (χ1v) is 16.3. The molecule has 3 aliphatic rings. The van der Waals surface area contributed by atoms with Crippen LogP contribution in [-0.4, -0.2) is 74.3 Å². The van der Waals surface area contributed by atoms with Gasteiger partial charge in [0.25, 0.3) is 0 Å². The number of para-hydroxylation sites is 2. The number of imidazole rings is 1. The Kier molecular flexibility index (Phi) is 8.28. The third kappa shape index (κ3) is 5.80. The predicted octanol–water partition coefficient (Wildman–Crippen LogP) is 5.74. The van der Waals surface area contributed by atoms with Gasteiger partial charge in [-0.1, -0.05) is 24.3 Å². The highest BCUT2D eigenvalue weighted by atomic mass is 35.5. The molecular weight excluding hydrogens is 565 g/mol. The van der Waals surface area contributed by atoms with Crippen molar-refractivity contribution in [1.82, 2.24) is 24.7 Å². The van der Waals surface area contributed by atoms with Crippen molar-refractivity contribution in [3.05, 3.63) is 65.7 Å². The number of carbonyl (C=O) groups excluding carboxylic acids is 2. The molecule has 230 valence electrons. The van der Waals surface area contributed by atoms with Crippen molar-refractivity contribution in [3.63, 3.8) is 0 Å². The summed E-state index contributed by atoms with van der Waals surface area (Å²) in [6.07, 6.45) is 7.11. The van der Waals surface area contributed by atoms with Crippen molar-refractivity contribution in [3.8, 4) is 0 Å². The normalized spacial score (nSPS) is 23.9. The quantitative estimate of drug-likeness (QED) is 0.332. The number of nitrogens with one attached hydrogen (secondary N) is 1. The van der Waals surface area contributed by atoms with Crippen LogP contribution in [0.3, 0.4) is 0 Å². The van der Waals surface area contributed by atoms with Crippen molar-refractivity contribution in [2.75, 3.05) is 25.5 Å². The number of hydrogen-bond acceptors (Lipinski definition) is 4. The van der Waals surface area contributed by atoms with Gasteiger partial charge in [-0.25, -0.2) is 9.37 Å².